The van der Waals surface area contributed by atoms with Crippen molar-refractivity contribution in [1.82, 2.24) is 10.6 Å². The number of nitro groups is 1. The second kappa shape index (κ2) is 10.3. The van der Waals surface area contributed by atoms with Crippen molar-refractivity contribution in [1.29, 1.82) is 0 Å². The Morgan fingerprint density at radius 1 is 1.38 bits per heavy atom. The molecule has 1 aromatic carbocycles. The number of nitrogens with one attached hydrogen (secondary N) is 2. The van der Waals surface area contributed by atoms with Gasteiger partial charge in [-0.05, 0) is 31.7 Å². The average Bonchev–Trinajstić information content (AvgIpc) is 2.66. The van der Waals surface area contributed by atoms with E-state index in [9.17, 15) is 14.3 Å². The van der Waals surface area contributed by atoms with Crippen molar-refractivity contribution in [3.05, 3.63) is 39.9 Å². The van der Waals surface area contributed by atoms with Crippen molar-refractivity contribution < 1.29 is 9.13 Å². The van der Waals surface area contributed by atoms with Crippen LogP contribution in [0.5, 0.6) is 0 Å². The Hall–Kier alpha value is -1.96. The molecule has 0 saturated heterocycles. The van der Waals surface area contributed by atoms with E-state index in [1.165, 1.54) is 6.07 Å². The summed E-state index contributed by atoms with van der Waals surface area (Å²) in [5.41, 5.74) is 0.873. The van der Waals surface area contributed by atoms with E-state index in [4.69, 9.17) is 0 Å². The molecule has 3 unspecified atom stereocenters. The average molecular weight is 381 g/mol. The van der Waals surface area contributed by atoms with Gasteiger partial charge in [-0.2, -0.15) is 0 Å². The Balaban J connectivity index is 2.01. The van der Waals surface area contributed by atoms with Crippen molar-refractivity contribution in [2.75, 3.05) is 12.3 Å². The molecule has 2 N–H and O–H groups in total. The molecule has 1 saturated carbocycles. The van der Waals surface area contributed by atoms with Crippen molar-refractivity contribution in [3.63, 3.8) is 0 Å². The van der Waals surface area contributed by atoms with Gasteiger partial charge in [-0.3, -0.25) is 14.3 Å². The lowest BCUT2D eigenvalue weighted by atomic mass is 9.95. The summed E-state index contributed by atoms with van der Waals surface area (Å²) in [6.45, 7) is 5.07. The van der Waals surface area contributed by atoms with Crippen molar-refractivity contribution in [3.8, 4) is 0 Å². The quantitative estimate of drug-likeness (QED) is 0.328. The van der Waals surface area contributed by atoms with Crippen molar-refractivity contribution in [2.45, 2.75) is 57.4 Å². The molecule has 0 heterocycles. The number of non-ortho nitro benzene ring substituents is 1. The van der Waals surface area contributed by atoms with Gasteiger partial charge in [-0.1, -0.05) is 25.5 Å². The van der Waals surface area contributed by atoms with Gasteiger partial charge in [0.2, 0.25) is 0 Å². The number of guanidine groups is 1. The van der Waals surface area contributed by atoms with E-state index in [2.05, 4.69) is 15.6 Å². The summed E-state index contributed by atoms with van der Waals surface area (Å²) in [5, 5.41) is 17.8. The number of hydrogen-bond donors (Lipinski definition) is 2. The molecule has 0 radical (unpaired) electrons. The van der Waals surface area contributed by atoms with Gasteiger partial charge in [-0.15, -0.1) is 0 Å². The summed E-state index contributed by atoms with van der Waals surface area (Å²) in [6.07, 6.45) is 4.03. The Morgan fingerprint density at radius 2 is 2.19 bits per heavy atom. The topological polar surface area (TPSA) is 96.6 Å². The van der Waals surface area contributed by atoms with E-state index < -0.39 is 15.7 Å². The lowest BCUT2D eigenvalue weighted by Crippen LogP contribution is -2.46. The first-order chi connectivity index (χ1) is 12.5. The molecule has 2 rings (SSSR count). The van der Waals surface area contributed by atoms with Gasteiger partial charge >= 0.3 is 0 Å². The van der Waals surface area contributed by atoms with E-state index in [0.717, 1.165) is 37.8 Å². The first kappa shape index (κ1) is 20.4. The number of rotatable bonds is 7. The van der Waals surface area contributed by atoms with Crippen LogP contribution in [0.4, 0.5) is 5.69 Å². The zero-order chi connectivity index (χ0) is 18.9. The molecule has 26 heavy (non-hydrogen) atoms. The molecule has 0 amide bonds. The number of nitrogens with zero attached hydrogens (tertiary/aromatic N) is 2. The van der Waals surface area contributed by atoms with E-state index in [1.54, 1.807) is 12.1 Å². The number of nitro benzene ring substituents is 1. The summed E-state index contributed by atoms with van der Waals surface area (Å²) < 4.78 is 12.1. The second-order valence-corrected chi connectivity index (χ2v) is 8.43. The van der Waals surface area contributed by atoms with E-state index in [1.807, 2.05) is 19.9 Å². The lowest BCUT2D eigenvalue weighted by Gasteiger charge is -2.30. The zero-order valence-electron chi connectivity index (χ0n) is 15.4. The monoisotopic (exact) mass is 380 g/mol. The SMILES string of the molecule is CCNC(=NCc1cccc([N+](=O)[O-])c1)NC1CCCC(S(=O)CC)C1. The van der Waals surface area contributed by atoms with E-state index >= 15 is 0 Å². The summed E-state index contributed by atoms with van der Waals surface area (Å²) in [6, 6.07) is 6.80. The minimum atomic E-state index is -0.757. The second-order valence-electron chi connectivity index (χ2n) is 6.42. The predicted molar refractivity (Wildman–Crippen MR) is 106 cm³/mol. The third kappa shape index (κ3) is 6.09. The molecule has 1 aromatic rings. The Labute approximate surface area is 157 Å². The molecule has 3 atom stereocenters. The molecule has 0 aromatic heterocycles. The largest absolute Gasteiger partial charge is 0.357 e. The fourth-order valence-electron chi connectivity index (χ4n) is 3.20. The van der Waals surface area contributed by atoms with Gasteiger partial charge in [0.1, 0.15) is 0 Å². The molecule has 0 spiro atoms. The maximum Gasteiger partial charge on any atom is 0.269 e. The maximum atomic E-state index is 12.1. The van der Waals surface area contributed by atoms with Crippen LogP contribution in [0.25, 0.3) is 0 Å². The van der Waals surface area contributed by atoms with Crippen LogP contribution < -0.4 is 10.6 Å². The fourth-order valence-corrected chi connectivity index (χ4v) is 4.55. The molecule has 0 aliphatic heterocycles. The molecule has 1 aliphatic carbocycles. The summed E-state index contributed by atoms with van der Waals surface area (Å²) in [4.78, 5) is 15.1. The minimum Gasteiger partial charge on any atom is -0.357 e. The molecule has 144 valence electrons. The van der Waals surface area contributed by atoms with Crippen LogP contribution in [-0.4, -0.2) is 38.7 Å². The predicted octanol–water partition coefficient (Wildman–Crippen LogP) is 2.73. The third-order valence-corrected chi connectivity index (χ3v) is 6.25. The molecule has 1 aliphatic rings. The highest BCUT2D eigenvalue weighted by atomic mass is 32.2. The van der Waals surface area contributed by atoms with Gasteiger partial charge in [-0.25, -0.2) is 4.99 Å². The van der Waals surface area contributed by atoms with Crippen LogP contribution in [-0.2, 0) is 17.3 Å². The van der Waals surface area contributed by atoms with Gasteiger partial charge < -0.3 is 10.6 Å². The van der Waals surface area contributed by atoms with Gasteiger partial charge in [0, 0.05) is 46.5 Å². The highest BCUT2D eigenvalue weighted by Crippen LogP contribution is 2.23. The molecule has 7 nitrogen and oxygen atoms in total. The smallest absolute Gasteiger partial charge is 0.269 e. The molecular formula is C18H28N4O3S. The van der Waals surface area contributed by atoms with Crippen LogP contribution in [0, 0.1) is 10.1 Å². The van der Waals surface area contributed by atoms with E-state index in [0.29, 0.717) is 18.3 Å². The van der Waals surface area contributed by atoms with Crippen LogP contribution in [0.2, 0.25) is 0 Å². The Kier molecular flexibility index (Phi) is 8.03. The summed E-state index contributed by atoms with van der Waals surface area (Å²) in [7, 11) is -0.757. The zero-order valence-corrected chi connectivity index (χ0v) is 16.3. The van der Waals surface area contributed by atoms with Crippen LogP contribution in [0.3, 0.4) is 0 Å². The summed E-state index contributed by atoms with van der Waals surface area (Å²) in [5.74, 6) is 1.41. The van der Waals surface area contributed by atoms with Crippen molar-refractivity contribution in [2.24, 2.45) is 4.99 Å². The lowest BCUT2D eigenvalue weighted by molar-refractivity contribution is -0.384. The standard InChI is InChI=1S/C18H28N4O3S/c1-3-19-18(20-13-14-7-5-9-16(11-14)22(23)24)21-15-8-6-10-17(12-15)26(25)4-2/h5,7,9,11,15,17H,3-4,6,8,10,12-13H2,1-2H3,(H2,19,20,21). The Morgan fingerprint density at radius 3 is 2.88 bits per heavy atom. The third-order valence-electron chi connectivity index (χ3n) is 4.51. The van der Waals surface area contributed by atoms with Crippen LogP contribution in [0.1, 0.15) is 45.1 Å². The first-order valence-electron chi connectivity index (χ1n) is 9.18. The molecule has 1 fully saturated rings. The number of aliphatic imine (C=N–C) groups is 1. The van der Waals surface area contributed by atoms with Crippen molar-refractivity contribution >= 4 is 22.4 Å². The first-order valence-corrected chi connectivity index (χ1v) is 10.6. The number of hydrogen-bond acceptors (Lipinski definition) is 4. The Bertz CT molecular complexity index is 666. The molecule has 8 heteroatoms. The normalized spacial score (nSPS) is 21.8. The minimum absolute atomic E-state index is 0.0767. The number of benzene rings is 1. The van der Waals surface area contributed by atoms with Gasteiger partial charge in [0.05, 0.1) is 11.5 Å². The van der Waals surface area contributed by atoms with Gasteiger partial charge in [0.15, 0.2) is 5.96 Å². The highest BCUT2D eigenvalue weighted by Gasteiger charge is 2.26. The molecular weight excluding hydrogens is 352 g/mol. The highest BCUT2D eigenvalue weighted by molar-refractivity contribution is 7.85. The van der Waals surface area contributed by atoms with Gasteiger partial charge in [0.25, 0.3) is 5.69 Å². The van der Waals surface area contributed by atoms with Crippen LogP contribution in [0.15, 0.2) is 29.3 Å². The molecule has 0 bridgehead atoms. The fraction of sp³-hybridized carbons (Fsp3) is 0.611. The van der Waals surface area contributed by atoms with Crippen LogP contribution >= 0.6 is 0 Å². The van der Waals surface area contributed by atoms with E-state index in [-0.39, 0.29) is 17.0 Å². The summed E-state index contributed by atoms with van der Waals surface area (Å²) >= 11 is 0. The maximum absolute atomic E-state index is 12.1.